The molecule has 7 heteroatoms. The molecule has 1 saturated carbocycles. The fraction of sp³-hybridized carbons (Fsp3) is 0.632. The molecular weight excluding hydrogens is 396 g/mol. The Labute approximate surface area is 162 Å². The second kappa shape index (κ2) is 7.55. The van der Waals surface area contributed by atoms with Crippen molar-refractivity contribution in [2.45, 2.75) is 65.0 Å². The average molecular weight is 423 g/mol. The van der Waals surface area contributed by atoms with Crippen molar-refractivity contribution >= 4 is 33.2 Å². The standard InChI is InChI=1S/C19H27BrN4O2/c1-11-5-7-12(8-6-11)15(23-18(25)26-19(2,3)4)17-21-13-9-10-14(20)22-16(13)24-17/h9-12,15H,5-8H2,1-4H3,(H,23,25)(H,21,22,24)/t11?,12?,15-/m0/s1. The molecular formula is C19H27BrN4O2. The molecule has 6 nitrogen and oxygen atoms in total. The van der Waals surface area contributed by atoms with E-state index in [0.29, 0.717) is 11.6 Å². The van der Waals surface area contributed by atoms with Gasteiger partial charge in [-0.1, -0.05) is 19.8 Å². The molecule has 2 aromatic rings. The molecule has 0 radical (unpaired) electrons. The molecule has 1 aliphatic carbocycles. The molecule has 0 spiro atoms. The fourth-order valence-electron chi connectivity index (χ4n) is 3.50. The van der Waals surface area contributed by atoms with E-state index < -0.39 is 11.7 Å². The predicted molar refractivity (Wildman–Crippen MR) is 105 cm³/mol. The van der Waals surface area contributed by atoms with Crippen molar-refractivity contribution in [2.24, 2.45) is 11.8 Å². The molecule has 0 bridgehead atoms. The minimum atomic E-state index is -0.532. The number of pyridine rings is 1. The quantitative estimate of drug-likeness (QED) is 0.673. The number of carbonyl (C=O) groups is 1. The zero-order valence-corrected chi connectivity index (χ0v) is 17.4. The summed E-state index contributed by atoms with van der Waals surface area (Å²) in [4.78, 5) is 24.8. The molecule has 2 aromatic heterocycles. The monoisotopic (exact) mass is 422 g/mol. The van der Waals surface area contributed by atoms with Crippen molar-refractivity contribution < 1.29 is 9.53 Å². The zero-order chi connectivity index (χ0) is 18.9. The number of aromatic amines is 1. The summed E-state index contributed by atoms with van der Waals surface area (Å²) < 4.78 is 6.22. The highest BCUT2D eigenvalue weighted by molar-refractivity contribution is 9.10. The molecule has 2 N–H and O–H groups in total. The number of nitrogens with one attached hydrogen (secondary N) is 2. The largest absolute Gasteiger partial charge is 0.444 e. The molecule has 26 heavy (non-hydrogen) atoms. The van der Waals surface area contributed by atoms with Crippen LogP contribution in [0.25, 0.3) is 11.2 Å². The SMILES string of the molecule is CC1CCC([C@H](NC(=O)OC(C)(C)C)c2nc3nc(Br)ccc3[nH]2)CC1. The van der Waals surface area contributed by atoms with Crippen LogP contribution in [-0.4, -0.2) is 26.6 Å². The van der Waals surface area contributed by atoms with Crippen LogP contribution in [0.4, 0.5) is 4.79 Å². The Balaban J connectivity index is 1.87. The van der Waals surface area contributed by atoms with Gasteiger partial charge in [0, 0.05) is 0 Å². The second-order valence-electron chi connectivity index (χ2n) is 8.27. The first-order valence-electron chi connectivity index (χ1n) is 9.23. The topological polar surface area (TPSA) is 79.9 Å². The summed E-state index contributed by atoms with van der Waals surface area (Å²) in [5.41, 5.74) is 0.980. The van der Waals surface area contributed by atoms with Crippen molar-refractivity contribution in [2.75, 3.05) is 0 Å². The number of rotatable bonds is 3. The van der Waals surface area contributed by atoms with Crippen molar-refractivity contribution in [1.29, 1.82) is 0 Å². The van der Waals surface area contributed by atoms with Crippen LogP contribution in [0, 0.1) is 11.8 Å². The molecule has 142 valence electrons. The smallest absolute Gasteiger partial charge is 0.408 e. The van der Waals surface area contributed by atoms with E-state index in [-0.39, 0.29) is 6.04 Å². The number of alkyl carbamates (subject to hydrolysis) is 1. The number of halogens is 1. The lowest BCUT2D eigenvalue weighted by molar-refractivity contribution is 0.0468. The van der Waals surface area contributed by atoms with E-state index in [0.717, 1.165) is 34.7 Å². The van der Waals surface area contributed by atoms with Gasteiger partial charge in [0.1, 0.15) is 16.0 Å². The number of nitrogens with zero attached hydrogens (tertiary/aromatic N) is 2. The molecule has 1 aliphatic rings. The van der Waals surface area contributed by atoms with E-state index in [4.69, 9.17) is 4.74 Å². The van der Waals surface area contributed by atoms with Crippen molar-refractivity contribution in [3.8, 4) is 0 Å². The molecule has 0 unspecified atom stereocenters. The van der Waals surface area contributed by atoms with Crippen molar-refractivity contribution in [3.05, 3.63) is 22.6 Å². The fourth-order valence-corrected chi connectivity index (χ4v) is 3.80. The summed E-state index contributed by atoms with van der Waals surface area (Å²) in [6.45, 7) is 7.89. The first-order valence-corrected chi connectivity index (χ1v) is 10.0. The van der Waals surface area contributed by atoms with E-state index in [1.165, 1.54) is 12.8 Å². The van der Waals surface area contributed by atoms with Crippen molar-refractivity contribution in [1.82, 2.24) is 20.3 Å². The van der Waals surface area contributed by atoms with Gasteiger partial charge in [0.2, 0.25) is 0 Å². The zero-order valence-electron chi connectivity index (χ0n) is 15.8. The van der Waals surface area contributed by atoms with Gasteiger partial charge >= 0.3 is 6.09 Å². The number of aromatic nitrogens is 3. The molecule has 0 aliphatic heterocycles. The van der Waals surface area contributed by atoms with E-state index >= 15 is 0 Å². The summed E-state index contributed by atoms with van der Waals surface area (Å²) in [6, 6.07) is 3.62. The Morgan fingerprint density at radius 2 is 1.96 bits per heavy atom. The third-order valence-corrected chi connectivity index (χ3v) is 5.27. The summed E-state index contributed by atoms with van der Waals surface area (Å²) in [5.74, 6) is 1.82. The Morgan fingerprint density at radius 1 is 1.27 bits per heavy atom. The Hall–Kier alpha value is -1.63. The predicted octanol–water partition coefficient (Wildman–Crippen LogP) is 5.11. The van der Waals surface area contributed by atoms with Crippen LogP contribution in [0.2, 0.25) is 0 Å². The maximum absolute atomic E-state index is 12.4. The first-order chi connectivity index (χ1) is 12.2. The van der Waals surface area contributed by atoms with Gasteiger partial charge < -0.3 is 15.0 Å². The summed E-state index contributed by atoms with van der Waals surface area (Å²) in [5, 5.41) is 3.06. The minimum Gasteiger partial charge on any atom is -0.444 e. The van der Waals surface area contributed by atoms with Crippen LogP contribution >= 0.6 is 15.9 Å². The van der Waals surface area contributed by atoms with Crippen molar-refractivity contribution in [3.63, 3.8) is 0 Å². The number of hydrogen-bond donors (Lipinski definition) is 2. The summed E-state index contributed by atoms with van der Waals surface area (Å²) in [6.07, 6.45) is 4.06. The number of amides is 1. The third kappa shape index (κ3) is 4.75. The molecule has 0 aromatic carbocycles. The van der Waals surface area contributed by atoms with Gasteiger partial charge in [-0.05, 0) is 73.5 Å². The van der Waals surface area contributed by atoms with Gasteiger partial charge in [0.15, 0.2) is 5.65 Å². The van der Waals surface area contributed by atoms with Gasteiger partial charge in [-0.15, -0.1) is 0 Å². The lowest BCUT2D eigenvalue weighted by Crippen LogP contribution is -2.39. The van der Waals surface area contributed by atoms with E-state index in [1.807, 2.05) is 32.9 Å². The normalized spacial score (nSPS) is 22.2. The van der Waals surface area contributed by atoms with Gasteiger partial charge in [-0.3, -0.25) is 0 Å². The Kier molecular flexibility index (Phi) is 5.55. The molecule has 0 saturated heterocycles. The first kappa shape index (κ1) is 19.1. The second-order valence-corrected chi connectivity index (χ2v) is 9.08. The van der Waals surface area contributed by atoms with E-state index in [2.05, 4.69) is 43.1 Å². The average Bonchev–Trinajstić information content (AvgIpc) is 2.94. The highest BCUT2D eigenvalue weighted by Gasteiger charge is 2.32. The number of fused-ring (bicyclic) bond motifs is 1. The van der Waals surface area contributed by atoms with Crippen LogP contribution in [0.15, 0.2) is 16.7 Å². The van der Waals surface area contributed by atoms with Gasteiger partial charge in [-0.2, -0.15) is 0 Å². The lowest BCUT2D eigenvalue weighted by Gasteiger charge is -2.32. The van der Waals surface area contributed by atoms with Crippen LogP contribution in [0.5, 0.6) is 0 Å². The van der Waals surface area contributed by atoms with Gasteiger partial charge in [-0.25, -0.2) is 14.8 Å². The third-order valence-electron chi connectivity index (χ3n) is 4.83. The molecule has 2 heterocycles. The highest BCUT2D eigenvalue weighted by Crippen LogP contribution is 2.36. The van der Waals surface area contributed by atoms with E-state index in [1.54, 1.807) is 0 Å². The minimum absolute atomic E-state index is 0.203. The Morgan fingerprint density at radius 3 is 2.62 bits per heavy atom. The summed E-state index contributed by atoms with van der Waals surface area (Å²) in [7, 11) is 0. The maximum atomic E-state index is 12.4. The highest BCUT2D eigenvalue weighted by atomic mass is 79.9. The summed E-state index contributed by atoms with van der Waals surface area (Å²) >= 11 is 3.38. The van der Waals surface area contributed by atoms with Crippen LogP contribution < -0.4 is 5.32 Å². The maximum Gasteiger partial charge on any atom is 0.408 e. The number of hydrogen-bond acceptors (Lipinski definition) is 4. The van der Waals surface area contributed by atoms with Crippen LogP contribution in [0.1, 0.15) is 65.2 Å². The van der Waals surface area contributed by atoms with Crippen LogP contribution in [-0.2, 0) is 4.74 Å². The number of carbonyl (C=O) groups excluding carboxylic acids is 1. The number of ether oxygens (including phenoxy) is 1. The molecule has 1 amide bonds. The molecule has 1 atom stereocenters. The molecule has 1 fully saturated rings. The molecule has 3 rings (SSSR count). The number of H-pyrrole nitrogens is 1. The number of imidazole rings is 1. The van der Waals surface area contributed by atoms with Gasteiger partial charge in [0.25, 0.3) is 0 Å². The Bertz CT molecular complexity index is 775. The van der Waals surface area contributed by atoms with Gasteiger partial charge in [0.05, 0.1) is 11.6 Å². The van der Waals surface area contributed by atoms with E-state index in [9.17, 15) is 4.79 Å². The van der Waals surface area contributed by atoms with Crippen LogP contribution in [0.3, 0.4) is 0 Å². The lowest BCUT2D eigenvalue weighted by atomic mass is 9.79.